The van der Waals surface area contributed by atoms with Gasteiger partial charge in [-0.3, -0.25) is 19.2 Å². The van der Waals surface area contributed by atoms with Crippen LogP contribution in [0.5, 0.6) is 11.5 Å². The van der Waals surface area contributed by atoms with E-state index in [0.717, 1.165) is 45.6 Å². The van der Waals surface area contributed by atoms with Crippen molar-refractivity contribution in [2.75, 3.05) is 23.1 Å². The van der Waals surface area contributed by atoms with E-state index in [1.54, 1.807) is 43.5 Å². The van der Waals surface area contributed by atoms with Gasteiger partial charge in [0.05, 0.1) is 54.5 Å². The Bertz CT molecular complexity index is 3800. The molecule has 5 N–H and O–H groups in total. The van der Waals surface area contributed by atoms with Crippen LogP contribution in [0, 0.1) is 0 Å². The average molecular weight is 1350 g/mol. The van der Waals surface area contributed by atoms with E-state index in [1.807, 2.05) is 84.9 Å². The van der Waals surface area contributed by atoms with Gasteiger partial charge in [0, 0.05) is 24.2 Å². The lowest BCUT2D eigenvalue weighted by Crippen LogP contribution is -2.23. The zero-order valence-electron chi connectivity index (χ0n) is 42.3. The SMILES string of the molecule is BrB(Br)Br.COc1ccc(Cc2cccc(CNC(=O)c3ccc4c(c3)NC(=O)c3ccccc3S4(=O)=O)c2)cc1.ClCCl.O=C(NCc1cccc(Cc2ccc(O)cc2)c1)c1ccc2c(c1)NC(=O)c1ccccc1S2(=O)=O. The topological polar surface area (TPSA) is 214 Å². The number of hydrogen-bond donors (Lipinski definition) is 5. The highest BCUT2D eigenvalue weighted by atomic mass is 79.9. The molecule has 2 aliphatic rings. The smallest absolute Gasteiger partial charge is 0.369 e. The fourth-order valence-corrected chi connectivity index (χ4v) is 11.7. The monoisotopic (exact) mass is 1340 g/mol. The first-order chi connectivity index (χ1) is 38.3. The number of halogens is 5. The van der Waals surface area contributed by atoms with Gasteiger partial charge in [0.2, 0.25) is 19.7 Å². The number of phenols is 1. The first-order valence-corrected chi connectivity index (χ1v) is 30.9. The Morgan fingerprint density at radius 2 is 0.887 bits per heavy atom. The predicted molar refractivity (Wildman–Crippen MR) is 324 cm³/mol. The van der Waals surface area contributed by atoms with Gasteiger partial charge in [-0.25, -0.2) is 16.8 Å². The molecule has 2 heterocycles. The van der Waals surface area contributed by atoms with Crippen LogP contribution in [-0.2, 0) is 45.6 Å². The molecule has 0 atom stereocenters. The summed E-state index contributed by atoms with van der Waals surface area (Å²) in [6, 6.07) is 51.1. The van der Waals surface area contributed by atoms with Gasteiger partial charge in [-0.1, -0.05) is 97.1 Å². The number of amides is 4. The van der Waals surface area contributed by atoms with E-state index in [9.17, 15) is 41.1 Å². The van der Waals surface area contributed by atoms with E-state index in [2.05, 4.69) is 68.5 Å². The van der Waals surface area contributed by atoms with Crippen molar-refractivity contribution >= 4 is 128 Å². The number of rotatable bonds is 11. The molecule has 80 heavy (non-hydrogen) atoms. The number of sulfone groups is 2. The molecule has 8 aromatic rings. The van der Waals surface area contributed by atoms with Crippen molar-refractivity contribution in [3.05, 3.63) is 238 Å². The minimum atomic E-state index is -3.93. The zero-order valence-corrected chi connectivity index (χ0v) is 50.2. The van der Waals surface area contributed by atoms with Crippen LogP contribution in [0.4, 0.5) is 11.4 Å². The quantitative estimate of drug-likeness (QED) is 0.0610. The lowest BCUT2D eigenvalue weighted by molar-refractivity contribution is 0.0943. The Balaban J connectivity index is 0.000000207. The summed E-state index contributed by atoms with van der Waals surface area (Å²) in [6.07, 6.45) is 1.43. The van der Waals surface area contributed by atoms with Gasteiger partial charge in [0.15, 0.2) is 0 Å². The second-order valence-electron chi connectivity index (χ2n) is 17.6. The van der Waals surface area contributed by atoms with Crippen molar-refractivity contribution in [1.82, 2.24) is 10.6 Å². The summed E-state index contributed by atoms with van der Waals surface area (Å²) in [5.41, 5.74) is 6.95. The fourth-order valence-electron chi connectivity index (χ4n) is 8.50. The van der Waals surface area contributed by atoms with Crippen molar-refractivity contribution in [3.63, 3.8) is 0 Å². The van der Waals surface area contributed by atoms with Gasteiger partial charge in [-0.05, 0) is 131 Å². The molecule has 14 nitrogen and oxygen atoms in total. The molecule has 0 radical (unpaired) electrons. The maximum absolute atomic E-state index is 13.1. The first kappa shape index (κ1) is 60.9. The number of anilines is 2. The molecule has 410 valence electrons. The number of hydrogen-bond acceptors (Lipinski definition) is 10. The normalized spacial score (nSPS) is 12.9. The van der Waals surface area contributed by atoms with Gasteiger partial charge in [-0.15, -0.1) is 70.5 Å². The molecule has 2 aliphatic heterocycles. The predicted octanol–water partition coefficient (Wildman–Crippen LogP) is 12.5. The second-order valence-corrected chi connectivity index (χ2v) is 28.6. The standard InChI is InChI=1S/C29H24N2O5S.C28H22N2O5S.CH2Cl2.BBr3/c1-36-23-12-9-19(10-13-23)15-20-5-4-6-21(16-20)18-30-28(32)22-11-14-27-25(17-22)31-29(33)24-7-2-3-8-26(24)37(27,34)35;31-22-11-8-18(9-12-22)14-19-4-3-5-20(15-19)17-29-27(32)21-10-13-26-24(16-21)30-28(33)23-6-1-2-7-25(23)36(26,34)35;2-1-3;2-1(3)4/h2-14,16-17H,15,18H2,1H3,(H,30,32)(H,31,33);1-13,15-16,31H,14,17H2,(H,29,32)(H,30,33);1H2;. The molecule has 0 spiro atoms. The average Bonchev–Trinajstić information content (AvgIpc) is 3.77. The van der Waals surface area contributed by atoms with E-state index in [0.29, 0.717) is 13.0 Å². The second kappa shape index (κ2) is 28.1. The van der Waals surface area contributed by atoms with Gasteiger partial charge < -0.3 is 31.1 Å². The van der Waals surface area contributed by atoms with Crippen molar-refractivity contribution < 1.29 is 45.9 Å². The van der Waals surface area contributed by atoms with Crippen molar-refractivity contribution in [2.24, 2.45) is 0 Å². The fraction of sp³-hybridized carbons (Fsp3) is 0.103. The maximum atomic E-state index is 13.1. The van der Waals surface area contributed by atoms with Crippen LogP contribution in [0.2, 0.25) is 0 Å². The highest BCUT2D eigenvalue weighted by Crippen LogP contribution is 2.36. The molecule has 22 heteroatoms. The Hall–Kier alpha value is -6.78. The number of alkyl halides is 2. The summed E-state index contributed by atoms with van der Waals surface area (Å²) >= 11 is 18.8. The molecule has 4 amide bonds. The summed E-state index contributed by atoms with van der Waals surface area (Å²) in [5, 5.41) is 20.6. The Morgan fingerprint density at radius 1 is 0.512 bits per heavy atom. The molecule has 0 unspecified atom stereocenters. The number of aromatic hydroxyl groups is 1. The van der Waals surface area contributed by atoms with Crippen LogP contribution >= 0.6 is 70.5 Å². The highest BCUT2D eigenvalue weighted by molar-refractivity contribution is 9.69. The summed E-state index contributed by atoms with van der Waals surface area (Å²) in [5.74, 6) is -0.832. The molecule has 0 fully saturated rings. The van der Waals surface area contributed by atoms with E-state index in [1.165, 1.54) is 60.7 Å². The zero-order chi connectivity index (χ0) is 57.6. The van der Waals surface area contributed by atoms with Crippen LogP contribution in [0.1, 0.15) is 74.8 Å². The third-order valence-electron chi connectivity index (χ3n) is 12.2. The number of carbonyl (C=O) groups is 4. The van der Waals surface area contributed by atoms with Crippen molar-refractivity contribution in [1.29, 1.82) is 0 Å². The Kier molecular flexibility index (Phi) is 21.4. The number of nitrogens with one attached hydrogen (secondary N) is 4. The Labute approximate surface area is 498 Å². The van der Waals surface area contributed by atoms with Crippen LogP contribution < -0.4 is 26.0 Å². The van der Waals surface area contributed by atoms with Gasteiger partial charge in [-0.2, -0.15) is 0 Å². The highest BCUT2D eigenvalue weighted by Gasteiger charge is 2.33. The van der Waals surface area contributed by atoms with Crippen LogP contribution in [0.25, 0.3) is 0 Å². The van der Waals surface area contributed by atoms with E-state index in [-0.39, 0.29) is 79.9 Å². The number of benzene rings is 8. The molecule has 0 bridgehead atoms. The van der Waals surface area contributed by atoms with Gasteiger partial charge >= 0.3 is 3.18 Å². The number of methoxy groups -OCH3 is 1. The number of phenolic OH excluding ortho intramolecular Hbond substituents is 1. The summed E-state index contributed by atoms with van der Waals surface area (Å²) < 4.78 is 58.0. The largest absolute Gasteiger partial charge is 0.508 e. The minimum Gasteiger partial charge on any atom is -0.508 e. The summed E-state index contributed by atoms with van der Waals surface area (Å²) in [4.78, 5) is 50.8. The molecule has 10 rings (SSSR count). The van der Waals surface area contributed by atoms with E-state index < -0.39 is 37.4 Å². The molecule has 0 saturated heterocycles. The molecule has 0 aromatic heterocycles. The third kappa shape index (κ3) is 15.8. The number of ether oxygens (including phenoxy) is 1. The number of fused-ring (bicyclic) bond motifs is 4. The van der Waals surface area contributed by atoms with E-state index >= 15 is 0 Å². The van der Waals surface area contributed by atoms with E-state index in [4.69, 9.17) is 27.9 Å². The lowest BCUT2D eigenvalue weighted by Gasteiger charge is -2.11. The van der Waals surface area contributed by atoms with Crippen LogP contribution in [0.3, 0.4) is 0 Å². The Morgan fingerprint density at radius 3 is 1.29 bits per heavy atom. The van der Waals surface area contributed by atoms with Crippen molar-refractivity contribution in [2.45, 2.75) is 45.5 Å². The molecule has 0 saturated carbocycles. The summed E-state index contributed by atoms with van der Waals surface area (Å²) in [6.45, 7) is 0.567. The minimum absolute atomic E-state index is 0.0476. The molecule has 8 aromatic carbocycles. The first-order valence-electron chi connectivity index (χ1n) is 24.1. The van der Waals surface area contributed by atoms with Crippen LogP contribution in [0.15, 0.2) is 202 Å². The molecular formula is C58H48BBr3Cl2N4O10S2. The summed E-state index contributed by atoms with van der Waals surface area (Å²) in [7, 11) is -6.22. The lowest BCUT2D eigenvalue weighted by atomic mass is 10.0. The maximum Gasteiger partial charge on any atom is 0.369 e. The number of carbonyl (C=O) groups excluding carboxylic acids is 4. The molecule has 0 aliphatic carbocycles. The van der Waals surface area contributed by atoms with Crippen molar-refractivity contribution in [3.8, 4) is 11.5 Å². The van der Waals surface area contributed by atoms with Gasteiger partial charge in [0.1, 0.15) is 11.5 Å². The third-order valence-corrected chi connectivity index (χ3v) is 15.9. The van der Waals surface area contributed by atoms with Gasteiger partial charge in [0.25, 0.3) is 23.6 Å². The molecular weight excluding hydrogens is 1300 g/mol. The van der Waals surface area contributed by atoms with Crippen LogP contribution in [-0.4, -0.2) is 61.2 Å².